The molecule has 0 rings (SSSR count). The fourth-order valence-electron chi connectivity index (χ4n) is 0.666. The topological polar surface area (TPSA) is 43.4 Å². The molecular formula is C8H14O3. The second-order valence-corrected chi connectivity index (χ2v) is 2.74. The van der Waals surface area contributed by atoms with Crippen LogP contribution in [0.15, 0.2) is 0 Å². The van der Waals surface area contributed by atoms with Gasteiger partial charge in [-0.3, -0.25) is 4.79 Å². The molecular weight excluding hydrogens is 144 g/mol. The fourth-order valence-corrected chi connectivity index (χ4v) is 0.666. The van der Waals surface area contributed by atoms with Crippen molar-refractivity contribution in [1.82, 2.24) is 0 Å². The summed E-state index contributed by atoms with van der Waals surface area (Å²) in [5, 5.41) is 0. The molecule has 0 fully saturated rings. The van der Waals surface area contributed by atoms with Crippen molar-refractivity contribution in [3.05, 3.63) is 0 Å². The summed E-state index contributed by atoms with van der Waals surface area (Å²) in [6.07, 6.45) is 0.277. The maximum Gasteiger partial charge on any atom is 0.374 e. The Bertz CT molecular complexity index is 149. The van der Waals surface area contributed by atoms with Crippen LogP contribution in [0.5, 0.6) is 0 Å². The van der Waals surface area contributed by atoms with Gasteiger partial charge < -0.3 is 4.74 Å². The summed E-state index contributed by atoms with van der Waals surface area (Å²) in [5.74, 6) is -0.921. The van der Waals surface area contributed by atoms with E-state index in [1.54, 1.807) is 6.92 Å². The van der Waals surface area contributed by atoms with Crippen LogP contribution in [0.4, 0.5) is 0 Å². The van der Waals surface area contributed by atoms with E-state index in [-0.39, 0.29) is 18.9 Å². The average Bonchev–Trinajstić information content (AvgIpc) is 1.86. The highest BCUT2D eigenvalue weighted by Crippen LogP contribution is 2.00. The third-order valence-electron chi connectivity index (χ3n) is 1.10. The van der Waals surface area contributed by atoms with Crippen LogP contribution in [0, 0.1) is 5.92 Å². The Morgan fingerprint density at radius 2 is 1.91 bits per heavy atom. The largest absolute Gasteiger partial charge is 0.460 e. The first-order valence-electron chi connectivity index (χ1n) is 3.77. The van der Waals surface area contributed by atoms with E-state index >= 15 is 0 Å². The zero-order valence-electron chi connectivity index (χ0n) is 7.22. The number of esters is 1. The molecule has 0 aliphatic rings. The van der Waals surface area contributed by atoms with Crippen LogP contribution in [-0.2, 0) is 14.3 Å². The lowest BCUT2D eigenvalue weighted by Gasteiger charge is -2.02. The number of ketones is 1. The van der Waals surface area contributed by atoms with E-state index in [0.29, 0.717) is 0 Å². The van der Waals surface area contributed by atoms with Crippen molar-refractivity contribution in [2.45, 2.75) is 27.2 Å². The van der Waals surface area contributed by atoms with Gasteiger partial charge >= 0.3 is 5.97 Å². The smallest absolute Gasteiger partial charge is 0.374 e. The summed E-state index contributed by atoms with van der Waals surface area (Å²) in [4.78, 5) is 21.6. The minimum Gasteiger partial charge on any atom is -0.460 e. The van der Waals surface area contributed by atoms with Crippen molar-refractivity contribution in [3.8, 4) is 0 Å². The number of carbonyl (C=O) groups excluding carboxylic acids is 2. The number of hydrogen-bond donors (Lipinski definition) is 0. The van der Waals surface area contributed by atoms with Crippen LogP contribution >= 0.6 is 0 Å². The predicted octanol–water partition coefficient (Wildman–Crippen LogP) is 1.16. The number of carbonyl (C=O) groups is 2. The standard InChI is InChI=1S/C8H14O3/c1-4-11-8(10)7(9)5-6(2)3/h6H,4-5H2,1-3H3. The van der Waals surface area contributed by atoms with Gasteiger partial charge in [-0.1, -0.05) is 13.8 Å². The van der Waals surface area contributed by atoms with Crippen molar-refractivity contribution < 1.29 is 14.3 Å². The number of hydrogen-bond acceptors (Lipinski definition) is 3. The third kappa shape index (κ3) is 4.53. The summed E-state index contributed by atoms with van der Waals surface area (Å²) in [7, 11) is 0. The molecule has 0 amide bonds. The van der Waals surface area contributed by atoms with Gasteiger partial charge in [-0.2, -0.15) is 0 Å². The van der Waals surface area contributed by atoms with Crippen LogP contribution in [0.3, 0.4) is 0 Å². The molecule has 0 aromatic heterocycles. The van der Waals surface area contributed by atoms with Crippen LogP contribution in [-0.4, -0.2) is 18.4 Å². The van der Waals surface area contributed by atoms with Crippen LogP contribution in [0.25, 0.3) is 0 Å². The second-order valence-electron chi connectivity index (χ2n) is 2.74. The quantitative estimate of drug-likeness (QED) is 0.455. The van der Waals surface area contributed by atoms with Gasteiger partial charge in [0.1, 0.15) is 0 Å². The summed E-state index contributed by atoms with van der Waals surface area (Å²) >= 11 is 0. The number of ether oxygens (including phenoxy) is 1. The van der Waals surface area contributed by atoms with Crippen LogP contribution in [0.1, 0.15) is 27.2 Å². The molecule has 0 unspecified atom stereocenters. The molecule has 0 saturated carbocycles. The molecule has 11 heavy (non-hydrogen) atoms. The van der Waals surface area contributed by atoms with Gasteiger partial charge in [-0.25, -0.2) is 4.79 Å². The van der Waals surface area contributed by atoms with Crippen molar-refractivity contribution in [3.63, 3.8) is 0 Å². The molecule has 0 heterocycles. The zero-order chi connectivity index (χ0) is 8.85. The molecule has 0 N–H and O–H groups in total. The Labute approximate surface area is 66.7 Å². The predicted molar refractivity (Wildman–Crippen MR) is 41.1 cm³/mol. The van der Waals surface area contributed by atoms with E-state index in [1.807, 2.05) is 13.8 Å². The lowest BCUT2D eigenvalue weighted by atomic mass is 10.1. The van der Waals surface area contributed by atoms with E-state index in [4.69, 9.17) is 0 Å². The third-order valence-corrected chi connectivity index (χ3v) is 1.10. The zero-order valence-corrected chi connectivity index (χ0v) is 7.22. The summed E-state index contributed by atoms with van der Waals surface area (Å²) < 4.78 is 4.52. The maximum absolute atomic E-state index is 10.9. The van der Waals surface area contributed by atoms with Gasteiger partial charge in [-0.15, -0.1) is 0 Å². The SMILES string of the molecule is CCOC(=O)C(=O)CC(C)C. The summed E-state index contributed by atoms with van der Waals surface area (Å²) in [6, 6.07) is 0. The van der Waals surface area contributed by atoms with Gasteiger partial charge in [0.05, 0.1) is 6.61 Å². The van der Waals surface area contributed by atoms with Gasteiger partial charge in [-0.05, 0) is 12.8 Å². The van der Waals surface area contributed by atoms with E-state index in [1.165, 1.54) is 0 Å². The first-order valence-corrected chi connectivity index (χ1v) is 3.77. The highest BCUT2D eigenvalue weighted by Gasteiger charge is 2.15. The monoisotopic (exact) mass is 158 g/mol. The van der Waals surface area contributed by atoms with Gasteiger partial charge in [0.25, 0.3) is 0 Å². The van der Waals surface area contributed by atoms with E-state index in [2.05, 4.69) is 4.74 Å². The Morgan fingerprint density at radius 1 is 1.36 bits per heavy atom. The average molecular weight is 158 g/mol. The number of rotatable bonds is 4. The van der Waals surface area contributed by atoms with Gasteiger partial charge in [0, 0.05) is 6.42 Å². The molecule has 0 saturated heterocycles. The van der Waals surface area contributed by atoms with E-state index in [9.17, 15) is 9.59 Å². The minimum atomic E-state index is -0.707. The first kappa shape index (κ1) is 10.1. The lowest BCUT2D eigenvalue weighted by Crippen LogP contribution is -2.18. The molecule has 0 aromatic carbocycles. The summed E-state index contributed by atoms with van der Waals surface area (Å²) in [5.41, 5.74) is 0. The van der Waals surface area contributed by atoms with Crippen LogP contribution < -0.4 is 0 Å². The van der Waals surface area contributed by atoms with Gasteiger partial charge in [0.15, 0.2) is 0 Å². The molecule has 0 radical (unpaired) electrons. The molecule has 0 bridgehead atoms. The number of Topliss-reactive ketones (excluding diaryl/α,β-unsaturated/α-hetero) is 1. The van der Waals surface area contributed by atoms with E-state index < -0.39 is 11.8 Å². The van der Waals surface area contributed by atoms with Crippen molar-refractivity contribution in [1.29, 1.82) is 0 Å². The Kier molecular flexibility index (Phi) is 4.50. The Balaban J connectivity index is 3.74. The van der Waals surface area contributed by atoms with Crippen molar-refractivity contribution in [2.24, 2.45) is 5.92 Å². The lowest BCUT2D eigenvalue weighted by molar-refractivity contribution is -0.153. The first-order chi connectivity index (χ1) is 5.07. The molecule has 3 heteroatoms. The highest BCUT2D eigenvalue weighted by atomic mass is 16.5. The molecule has 0 atom stereocenters. The molecule has 0 spiro atoms. The highest BCUT2D eigenvalue weighted by molar-refractivity contribution is 6.33. The fraction of sp³-hybridized carbons (Fsp3) is 0.750. The molecule has 3 nitrogen and oxygen atoms in total. The molecule has 0 aliphatic carbocycles. The normalized spacial score (nSPS) is 9.82. The van der Waals surface area contributed by atoms with Crippen molar-refractivity contribution in [2.75, 3.05) is 6.61 Å². The van der Waals surface area contributed by atoms with Gasteiger partial charge in [0.2, 0.25) is 5.78 Å². The van der Waals surface area contributed by atoms with E-state index in [0.717, 1.165) is 0 Å². The maximum atomic E-state index is 10.9. The summed E-state index contributed by atoms with van der Waals surface area (Å²) in [6.45, 7) is 5.72. The molecule has 0 aliphatic heterocycles. The van der Waals surface area contributed by atoms with Crippen molar-refractivity contribution >= 4 is 11.8 Å². The van der Waals surface area contributed by atoms with Crippen LogP contribution in [0.2, 0.25) is 0 Å². The minimum absolute atomic E-state index is 0.215. The second kappa shape index (κ2) is 4.88. The molecule has 0 aromatic rings. The molecule has 64 valence electrons. The Hall–Kier alpha value is -0.860. The Morgan fingerprint density at radius 3 is 2.27 bits per heavy atom.